The topological polar surface area (TPSA) is 113 Å². The number of benzene rings is 1. The van der Waals surface area contributed by atoms with Gasteiger partial charge >= 0.3 is 0 Å². The van der Waals surface area contributed by atoms with Gasteiger partial charge in [0.15, 0.2) is 5.15 Å². The lowest BCUT2D eigenvalue weighted by molar-refractivity contribution is -0.111. The highest BCUT2D eigenvalue weighted by atomic mass is 35.5. The Kier molecular flexibility index (Phi) is 9.41. The summed E-state index contributed by atoms with van der Waals surface area (Å²) in [6.07, 6.45) is 11.3. The van der Waals surface area contributed by atoms with E-state index in [-0.39, 0.29) is 23.3 Å². The lowest BCUT2D eigenvalue weighted by Gasteiger charge is -2.27. The highest BCUT2D eigenvalue weighted by Crippen LogP contribution is 2.33. The molecule has 2 N–H and O–H groups in total. The summed E-state index contributed by atoms with van der Waals surface area (Å²) in [6, 6.07) is 14.8. The third-order valence-corrected chi connectivity index (χ3v) is 8.22. The van der Waals surface area contributed by atoms with E-state index in [0.29, 0.717) is 40.8 Å². The number of ketones is 1. The molecule has 0 saturated heterocycles. The second-order valence-electron chi connectivity index (χ2n) is 11.0. The molecule has 5 rings (SSSR count). The normalized spacial score (nSPS) is 17.0. The number of nitrogens with one attached hydrogen (secondary N) is 2. The van der Waals surface area contributed by atoms with Crippen LogP contribution in [0.25, 0.3) is 16.8 Å². The fraction of sp³-hybridized carbons (Fsp3) is 0.333. The first-order chi connectivity index (χ1) is 20.8. The van der Waals surface area contributed by atoms with Gasteiger partial charge in [-0.2, -0.15) is 5.26 Å². The summed E-state index contributed by atoms with van der Waals surface area (Å²) in [5, 5.41) is 16.4. The number of aromatic nitrogens is 3. The van der Waals surface area contributed by atoms with Gasteiger partial charge in [-0.1, -0.05) is 17.7 Å². The van der Waals surface area contributed by atoms with Gasteiger partial charge < -0.3 is 24.3 Å². The van der Waals surface area contributed by atoms with Gasteiger partial charge in [-0.25, -0.2) is 4.98 Å². The van der Waals surface area contributed by atoms with Gasteiger partial charge in [0.2, 0.25) is 11.7 Å². The highest BCUT2D eigenvalue weighted by Gasteiger charge is 2.21. The van der Waals surface area contributed by atoms with Crippen LogP contribution >= 0.6 is 11.6 Å². The molecule has 4 aromatic rings. The number of carbonyl (C=O) groups excluding carboxylic acids is 2. The fourth-order valence-corrected chi connectivity index (χ4v) is 5.86. The third kappa shape index (κ3) is 6.57. The zero-order chi connectivity index (χ0) is 30.5. The van der Waals surface area contributed by atoms with Gasteiger partial charge in [-0.3, -0.25) is 9.59 Å². The smallest absolute Gasteiger partial charge is 0.248 e. The minimum atomic E-state index is -0.343. The molecule has 43 heavy (non-hydrogen) atoms. The summed E-state index contributed by atoms with van der Waals surface area (Å²) < 4.78 is 9.23. The fourth-order valence-electron chi connectivity index (χ4n) is 5.62. The predicted molar refractivity (Wildman–Crippen MR) is 167 cm³/mol. The first-order valence-electron chi connectivity index (χ1n) is 14.5. The number of carbonyl (C=O) groups is 2. The van der Waals surface area contributed by atoms with E-state index >= 15 is 0 Å². The van der Waals surface area contributed by atoms with Gasteiger partial charge in [0, 0.05) is 49.1 Å². The Hall–Kier alpha value is -4.23. The monoisotopic (exact) mass is 598 g/mol. The molecule has 1 aliphatic rings. The molecule has 1 aliphatic carbocycles. The van der Waals surface area contributed by atoms with Crippen molar-refractivity contribution in [2.75, 3.05) is 19.0 Å². The van der Waals surface area contributed by atoms with Crippen molar-refractivity contribution in [1.82, 2.24) is 19.3 Å². The number of nitriles is 1. The van der Waals surface area contributed by atoms with E-state index in [1.54, 1.807) is 37.7 Å². The quantitative estimate of drug-likeness (QED) is 0.166. The first kappa shape index (κ1) is 30.2. The molecular weight excluding hydrogens is 564 g/mol. The van der Waals surface area contributed by atoms with E-state index in [9.17, 15) is 14.9 Å². The van der Waals surface area contributed by atoms with Crippen molar-refractivity contribution in [3.05, 3.63) is 89.1 Å². The molecule has 10 heteroatoms. The van der Waals surface area contributed by atoms with E-state index < -0.39 is 0 Å². The Morgan fingerprint density at radius 3 is 2.70 bits per heavy atom. The summed E-state index contributed by atoms with van der Waals surface area (Å²) in [7, 11) is 1.75. The molecule has 0 bridgehead atoms. The molecule has 0 atom stereocenters. The molecule has 0 unspecified atom stereocenters. The van der Waals surface area contributed by atoms with Crippen molar-refractivity contribution in [2.24, 2.45) is 0 Å². The van der Waals surface area contributed by atoms with Gasteiger partial charge in [-0.15, -0.1) is 0 Å². The Labute approximate surface area is 256 Å². The Morgan fingerprint density at radius 1 is 1.19 bits per heavy atom. The Bertz CT molecular complexity index is 1710. The Balaban J connectivity index is 1.28. The number of halogens is 1. The number of anilines is 1. The average molecular weight is 599 g/mol. The molecule has 1 saturated carbocycles. The van der Waals surface area contributed by atoms with Crippen LogP contribution in [-0.4, -0.2) is 51.4 Å². The van der Waals surface area contributed by atoms with Crippen LogP contribution < -0.4 is 10.6 Å². The standard InChI is InChI=1S/C33H35ClN6O3/c1-21(2)40-20-37-33(34)31(40)26-6-5-17-39-28(26)14-15-29(39)32(42)22-8-13-27(23(18-22)19-35)38-30(41)7-4-16-36-24-9-11-25(43-3)12-10-24/h4-8,13-15,17-18,20-21,24-25,36H,9-12,16H2,1-3H3,(H,38,41)/b7-4+/t24-,25-. The zero-order valence-electron chi connectivity index (χ0n) is 24.5. The number of nitrogens with zero attached hydrogens (tertiary/aromatic N) is 4. The van der Waals surface area contributed by atoms with Crippen LogP contribution in [0.5, 0.6) is 0 Å². The molecule has 1 amide bonds. The Morgan fingerprint density at radius 2 is 1.98 bits per heavy atom. The maximum absolute atomic E-state index is 13.6. The van der Waals surface area contributed by atoms with Crippen molar-refractivity contribution in [3.8, 4) is 17.3 Å². The average Bonchev–Trinajstić information content (AvgIpc) is 3.63. The van der Waals surface area contributed by atoms with Crippen LogP contribution in [0.15, 0.2) is 67.1 Å². The lowest BCUT2D eigenvalue weighted by Crippen LogP contribution is -2.35. The number of methoxy groups -OCH3 is 1. The number of pyridine rings is 1. The number of rotatable bonds is 10. The largest absolute Gasteiger partial charge is 0.381 e. The lowest BCUT2D eigenvalue weighted by atomic mass is 9.93. The molecule has 0 radical (unpaired) electrons. The minimum absolute atomic E-state index is 0.146. The number of fused-ring (bicyclic) bond motifs is 1. The maximum Gasteiger partial charge on any atom is 0.248 e. The van der Waals surface area contributed by atoms with Crippen molar-refractivity contribution >= 4 is 34.5 Å². The minimum Gasteiger partial charge on any atom is -0.381 e. The van der Waals surface area contributed by atoms with Gasteiger partial charge in [-0.05, 0) is 82.0 Å². The summed E-state index contributed by atoms with van der Waals surface area (Å²) in [5.41, 5.74) is 3.78. The van der Waals surface area contributed by atoms with E-state index in [0.717, 1.165) is 42.5 Å². The number of ether oxygens (including phenoxy) is 1. The zero-order valence-corrected chi connectivity index (χ0v) is 25.3. The maximum atomic E-state index is 13.6. The second kappa shape index (κ2) is 13.4. The van der Waals surface area contributed by atoms with Crippen LogP contribution in [-0.2, 0) is 9.53 Å². The van der Waals surface area contributed by atoms with Gasteiger partial charge in [0.1, 0.15) is 6.07 Å². The van der Waals surface area contributed by atoms with Crippen molar-refractivity contribution in [3.63, 3.8) is 0 Å². The van der Waals surface area contributed by atoms with E-state index in [4.69, 9.17) is 16.3 Å². The number of hydrogen-bond donors (Lipinski definition) is 2. The van der Waals surface area contributed by atoms with Crippen molar-refractivity contribution in [1.29, 1.82) is 5.26 Å². The van der Waals surface area contributed by atoms with Crippen molar-refractivity contribution in [2.45, 2.75) is 57.7 Å². The van der Waals surface area contributed by atoms with Crippen LogP contribution in [0.3, 0.4) is 0 Å². The molecule has 0 aliphatic heterocycles. The summed E-state index contributed by atoms with van der Waals surface area (Å²) >= 11 is 6.47. The summed E-state index contributed by atoms with van der Waals surface area (Å²) in [4.78, 5) is 30.4. The number of amides is 1. The van der Waals surface area contributed by atoms with Crippen LogP contribution in [0, 0.1) is 11.3 Å². The molecular formula is C33H35ClN6O3. The summed E-state index contributed by atoms with van der Waals surface area (Å²) in [5.74, 6) is -0.592. The van der Waals surface area contributed by atoms with Crippen LogP contribution in [0.1, 0.15) is 67.2 Å². The molecule has 1 fully saturated rings. The summed E-state index contributed by atoms with van der Waals surface area (Å²) in [6.45, 7) is 4.68. The number of imidazole rings is 1. The number of hydrogen-bond acceptors (Lipinski definition) is 6. The molecule has 222 valence electrons. The van der Waals surface area contributed by atoms with Gasteiger partial charge in [0.05, 0.1) is 40.6 Å². The SMILES string of the molecule is CO[C@H]1CC[C@H](NC/C=C/C(=O)Nc2ccc(C(=O)c3ccc4c(-c5c(Cl)ncn5C(C)C)cccn34)cc2C#N)CC1. The predicted octanol–water partition coefficient (Wildman–Crippen LogP) is 6.18. The van der Waals surface area contributed by atoms with E-state index in [1.165, 1.54) is 12.1 Å². The van der Waals surface area contributed by atoms with Gasteiger partial charge in [0.25, 0.3) is 0 Å². The van der Waals surface area contributed by atoms with Crippen LogP contribution in [0.2, 0.25) is 5.15 Å². The van der Waals surface area contributed by atoms with Crippen LogP contribution in [0.4, 0.5) is 5.69 Å². The second-order valence-corrected chi connectivity index (χ2v) is 11.3. The molecule has 1 aromatic carbocycles. The molecule has 0 spiro atoms. The van der Waals surface area contributed by atoms with E-state index in [1.807, 2.05) is 33.4 Å². The first-order valence-corrected chi connectivity index (χ1v) is 14.8. The van der Waals surface area contributed by atoms with Crippen molar-refractivity contribution < 1.29 is 14.3 Å². The highest BCUT2D eigenvalue weighted by molar-refractivity contribution is 6.32. The molecule has 3 heterocycles. The third-order valence-electron chi connectivity index (χ3n) is 7.95. The van der Waals surface area contributed by atoms with E-state index in [2.05, 4.69) is 35.5 Å². The molecule has 9 nitrogen and oxygen atoms in total. The molecule has 3 aromatic heterocycles.